The van der Waals surface area contributed by atoms with Crippen LogP contribution in [0.25, 0.3) is 0 Å². The molecule has 0 aromatic carbocycles. The van der Waals surface area contributed by atoms with Crippen LogP contribution in [0.15, 0.2) is 4.47 Å². The topological polar surface area (TPSA) is 64.3 Å². The van der Waals surface area contributed by atoms with Crippen LogP contribution in [0, 0.1) is 6.92 Å². The molecule has 5 nitrogen and oxygen atoms in total. The van der Waals surface area contributed by atoms with Crippen molar-refractivity contribution in [2.75, 3.05) is 32.5 Å². The van der Waals surface area contributed by atoms with Gasteiger partial charge in [0.05, 0.1) is 16.8 Å². The largest absolute Gasteiger partial charge is 0.383 e. The maximum atomic E-state index is 5.80. The number of hydrogen-bond acceptors (Lipinski definition) is 5. The summed E-state index contributed by atoms with van der Waals surface area (Å²) in [5.74, 6) is 1.14. The smallest absolute Gasteiger partial charge is 0.161 e. The predicted molar refractivity (Wildman–Crippen MR) is 65.1 cm³/mol. The Bertz CT molecular complexity index is 375. The minimum absolute atomic E-state index is 0.0761. The van der Waals surface area contributed by atoms with E-state index in [-0.39, 0.29) is 6.10 Å². The molecule has 0 radical (unpaired) electrons. The zero-order valence-corrected chi connectivity index (χ0v) is 11.0. The van der Waals surface area contributed by atoms with Crippen molar-refractivity contribution in [1.82, 2.24) is 14.9 Å². The minimum Gasteiger partial charge on any atom is -0.383 e. The van der Waals surface area contributed by atoms with E-state index >= 15 is 0 Å². The van der Waals surface area contributed by atoms with Gasteiger partial charge in [0.25, 0.3) is 0 Å². The fourth-order valence-electron chi connectivity index (χ4n) is 1.68. The summed E-state index contributed by atoms with van der Waals surface area (Å²) in [6, 6.07) is 0. The van der Waals surface area contributed by atoms with Crippen LogP contribution >= 0.6 is 15.9 Å². The zero-order chi connectivity index (χ0) is 11.7. The molecule has 1 aromatic heterocycles. The minimum atomic E-state index is -0.0761. The molecular formula is C10H15BrN4O. The van der Waals surface area contributed by atoms with E-state index in [2.05, 4.69) is 37.8 Å². The van der Waals surface area contributed by atoms with Crippen molar-refractivity contribution in [3.8, 4) is 0 Å². The molecule has 1 aromatic rings. The summed E-state index contributed by atoms with van der Waals surface area (Å²) in [7, 11) is 2.06. The highest BCUT2D eigenvalue weighted by molar-refractivity contribution is 9.10. The van der Waals surface area contributed by atoms with Crippen molar-refractivity contribution in [2.45, 2.75) is 13.0 Å². The van der Waals surface area contributed by atoms with Crippen LogP contribution in [0.4, 0.5) is 5.82 Å². The Morgan fingerprint density at radius 1 is 1.50 bits per heavy atom. The number of ether oxygens (including phenoxy) is 1. The van der Waals surface area contributed by atoms with Gasteiger partial charge in [0, 0.05) is 13.1 Å². The van der Waals surface area contributed by atoms with Crippen molar-refractivity contribution < 1.29 is 4.74 Å². The molecular weight excluding hydrogens is 272 g/mol. The summed E-state index contributed by atoms with van der Waals surface area (Å²) in [5.41, 5.74) is 6.64. The summed E-state index contributed by atoms with van der Waals surface area (Å²) >= 11 is 3.35. The summed E-state index contributed by atoms with van der Waals surface area (Å²) in [6.07, 6.45) is -0.0761. The first-order valence-electron chi connectivity index (χ1n) is 5.17. The lowest BCUT2D eigenvalue weighted by atomic mass is 10.2. The number of aryl methyl sites for hydroxylation is 1. The Labute approximate surface area is 103 Å². The monoisotopic (exact) mass is 286 g/mol. The van der Waals surface area contributed by atoms with Crippen molar-refractivity contribution in [3.05, 3.63) is 16.0 Å². The second kappa shape index (κ2) is 4.65. The Hall–Kier alpha value is -0.720. The first-order valence-corrected chi connectivity index (χ1v) is 5.97. The molecule has 0 amide bonds. The van der Waals surface area contributed by atoms with Crippen molar-refractivity contribution in [3.63, 3.8) is 0 Å². The zero-order valence-electron chi connectivity index (χ0n) is 9.40. The molecule has 1 aliphatic heterocycles. The van der Waals surface area contributed by atoms with E-state index in [9.17, 15) is 0 Å². The number of nitrogens with zero attached hydrogens (tertiary/aromatic N) is 3. The average Bonchev–Trinajstić information content (AvgIpc) is 2.25. The van der Waals surface area contributed by atoms with Gasteiger partial charge in [-0.15, -0.1) is 0 Å². The number of hydrogen-bond donors (Lipinski definition) is 1. The van der Waals surface area contributed by atoms with E-state index in [1.54, 1.807) is 0 Å². The van der Waals surface area contributed by atoms with Crippen LogP contribution in [0.3, 0.4) is 0 Å². The van der Waals surface area contributed by atoms with E-state index in [1.165, 1.54) is 0 Å². The number of nitrogen functional groups attached to an aromatic ring is 1. The third-order valence-electron chi connectivity index (χ3n) is 2.62. The highest BCUT2D eigenvalue weighted by atomic mass is 79.9. The maximum absolute atomic E-state index is 5.80. The summed E-state index contributed by atoms with van der Waals surface area (Å²) < 4.78 is 6.41. The van der Waals surface area contributed by atoms with Gasteiger partial charge in [0.15, 0.2) is 5.82 Å². The van der Waals surface area contributed by atoms with Gasteiger partial charge in [0.2, 0.25) is 0 Å². The standard InChI is InChI=1S/C10H15BrN4O/c1-6-8(11)9(12)14-10(13-6)7-5-15(2)3-4-16-7/h7H,3-5H2,1-2H3,(H2,12,13,14). The van der Waals surface area contributed by atoms with Crippen molar-refractivity contribution in [2.24, 2.45) is 0 Å². The van der Waals surface area contributed by atoms with E-state index < -0.39 is 0 Å². The molecule has 0 spiro atoms. The molecule has 0 aliphatic carbocycles. The van der Waals surface area contributed by atoms with Gasteiger partial charge in [-0.3, -0.25) is 0 Å². The van der Waals surface area contributed by atoms with Crippen LogP contribution in [0.2, 0.25) is 0 Å². The average molecular weight is 287 g/mol. The number of nitrogens with two attached hydrogens (primary N) is 1. The Morgan fingerprint density at radius 3 is 2.88 bits per heavy atom. The molecule has 0 bridgehead atoms. The Balaban J connectivity index is 2.26. The lowest BCUT2D eigenvalue weighted by molar-refractivity contribution is -0.0255. The molecule has 1 aliphatic rings. The van der Waals surface area contributed by atoms with Crippen LogP contribution < -0.4 is 5.73 Å². The van der Waals surface area contributed by atoms with E-state index in [4.69, 9.17) is 10.5 Å². The molecule has 16 heavy (non-hydrogen) atoms. The molecule has 1 saturated heterocycles. The summed E-state index contributed by atoms with van der Waals surface area (Å²) in [6.45, 7) is 4.36. The van der Waals surface area contributed by atoms with Crippen LogP contribution in [-0.2, 0) is 4.74 Å². The quantitative estimate of drug-likeness (QED) is 0.839. The number of morpholine rings is 1. The van der Waals surface area contributed by atoms with Gasteiger partial charge in [-0.1, -0.05) is 0 Å². The van der Waals surface area contributed by atoms with Crippen LogP contribution in [0.5, 0.6) is 0 Å². The molecule has 0 saturated carbocycles. The number of halogens is 1. The normalized spacial score (nSPS) is 22.3. The predicted octanol–water partition coefficient (Wildman–Crippen LogP) is 1.13. The van der Waals surface area contributed by atoms with Crippen molar-refractivity contribution in [1.29, 1.82) is 0 Å². The number of rotatable bonds is 1. The van der Waals surface area contributed by atoms with Gasteiger partial charge in [0.1, 0.15) is 11.9 Å². The third kappa shape index (κ3) is 2.34. The lowest BCUT2D eigenvalue weighted by Gasteiger charge is -2.29. The van der Waals surface area contributed by atoms with E-state index in [1.807, 2.05) is 6.92 Å². The van der Waals surface area contributed by atoms with E-state index in [0.29, 0.717) is 18.2 Å². The van der Waals surface area contributed by atoms with Gasteiger partial charge in [-0.25, -0.2) is 9.97 Å². The molecule has 2 rings (SSSR count). The molecule has 1 unspecified atom stereocenters. The van der Waals surface area contributed by atoms with Gasteiger partial charge in [-0.2, -0.15) is 0 Å². The maximum Gasteiger partial charge on any atom is 0.161 e. The van der Waals surface area contributed by atoms with Crippen LogP contribution in [-0.4, -0.2) is 41.6 Å². The molecule has 1 atom stereocenters. The second-order valence-electron chi connectivity index (χ2n) is 3.99. The number of likely N-dealkylation sites (N-methyl/N-ethyl adjacent to an activating group) is 1. The first-order chi connectivity index (χ1) is 7.58. The molecule has 6 heteroatoms. The Kier molecular flexibility index (Phi) is 3.41. The van der Waals surface area contributed by atoms with Gasteiger partial charge >= 0.3 is 0 Å². The molecule has 88 valence electrons. The van der Waals surface area contributed by atoms with Gasteiger partial charge < -0.3 is 15.4 Å². The SMILES string of the molecule is Cc1nc(C2CN(C)CCO2)nc(N)c1Br. The highest BCUT2D eigenvalue weighted by Crippen LogP contribution is 2.24. The molecule has 2 N–H and O–H groups in total. The first kappa shape index (κ1) is 11.8. The Morgan fingerprint density at radius 2 is 2.25 bits per heavy atom. The van der Waals surface area contributed by atoms with Crippen molar-refractivity contribution >= 4 is 21.7 Å². The fraction of sp³-hybridized carbons (Fsp3) is 0.600. The highest BCUT2D eigenvalue weighted by Gasteiger charge is 2.23. The van der Waals surface area contributed by atoms with Gasteiger partial charge in [-0.05, 0) is 29.9 Å². The van der Waals surface area contributed by atoms with Crippen LogP contribution in [0.1, 0.15) is 17.6 Å². The third-order valence-corrected chi connectivity index (χ3v) is 3.60. The van der Waals surface area contributed by atoms with E-state index in [0.717, 1.165) is 23.3 Å². The number of anilines is 1. The summed E-state index contributed by atoms with van der Waals surface area (Å²) in [4.78, 5) is 10.9. The fourth-order valence-corrected chi connectivity index (χ4v) is 1.86. The second-order valence-corrected chi connectivity index (χ2v) is 4.78. The molecule has 2 heterocycles. The lowest BCUT2D eigenvalue weighted by Crippen LogP contribution is -2.36. The number of aromatic nitrogens is 2. The molecule has 1 fully saturated rings. The summed E-state index contributed by atoms with van der Waals surface area (Å²) in [5, 5.41) is 0.